The van der Waals surface area contributed by atoms with E-state index < -0.39 is 0 Å². The minimum absolute atomic E-state index is 0.0919. The van der Waals surface area contributed by atoms with Crippen molar-refractivity contribution in [3.8, 4) is 11.5 Å². The average molecular weight is 475 g/mol. The van der Waals surface area contributed by atoms with Gasteiger partial charge in [0.25, 0.3) is 5.56 Å². The quantitative estimate of drug-likeness (QED) is 0.340. The molecule has 0 aliphatic rings. The summed E-state index contributed by atoms with van der Waals surface area (Å²) in [7, 11) is 0. The first kappa shape index (κ1) is 22.1. The highest BCUT2D eigenvalue weighted by atomic mass is 32.1. The minimum atomic E-state index is -0.311. The lowest BCUT2D eigenvalue weighted by molar-refractivity contribution is 0.266. The average Bonchev–Trinajstić information content (AvgIpc) is 3.30. The van der Waals surface area contributed by atoms with Crippen molar-refractivity contribution in [2.24, 2.45) is 0 Å². The van der Waals surface area contributed by atoms with Gasteiger partial charge in [0, 0.05) is 5.56 Å². The van der Waals surface area contributed by atoms with Gasteiger partial charge in [0.05, 0.1) is 22.2 Å². The molecular weight excluding hydrogens is 451 g/mol. The Hall–Kier alpha value is -3.71. The lowest BCUT2D eigenvalue weighted by Crippen LogP contribution is -2.22. The van der Waals surface area contributed by atoms with Gasteiger partial charge in [-0.15, -0.1) is 0 Å². The maximum atomic E-state index is 13.9. The second-order valence-corrected chi connectivity index (χ2v) is 9.10. The van der Waals surface area contributed by atoms with Crippen molar-refractivity contribution < 1.29 is 13.9 Å². The van der Waals surface area contributed by atoms with Crippen LogP contribution in [0.15, 0.2) is 59.4 Å². The Bertz CT molecular complexity index is 1640. The van der Waals surface area contributed by atoms with Gasteiger partial charge >= 0.3 is 0 Å². The van der Waals surface area contributed by atoms with Crippen LogP contribution in [0.1, 0.15) is 29.2 Å². The number of hydrogen-bond acceptors (Lipinski definition) is 5. The molecule has 0 atom stereocenters. The zero-order valence-electron chi connectivity index (χ0n) is 19.1. The van der Waals surface area contributed by atoms with Crippen LogP contribution in [0, 0.1) is 19.7 Å². The zero-order chi connectivity index (χ0) is 23.8. The molecule has 0 saturated heterocycles. The second-order valence-electron chi connectivity index (χ2n) is 8.09. The van der Waals surface area contributed by atoms with Gasteiger partial charge in [-0.1, -0.05) is 35.6 Å². The minimum Gasteiger partial charge on any atom is -0.490 e. The first-order chi connectivity index (χ1) is 16.4. The Morgan fingerprint density at radius 2 is 1.82 bits per heavy atom. The van der Waals surface area contributed by atoms with Crippen molar-refractivity contribution in [1.82, 2.24) is 9.38 Å². The van der Waals surface area contributed by atoms with Crippen LogP contribution < -0.4 is 19.6 Å². The van der Waals surface area contributed by atoms with Crippen molar-refractivity contribution in [2.45, 2.75) is 27.4 Å². The number of benzene rings is 3. The summed E-state index contributed by atoms with van der Waals surface area (Å²) < 4.78 is 27.8. The van der Waals surface area contributed by atoms with Crippen molar-refractivity contribution >= 4 is 33.4 Å². The Kier molecular flexibility index (Phi) is 5.79. The lowest BCUT2D eigenvalue weighted by atomic mass is 10.1. The van der Waals surface area contributed by atoms with E-state index in [-0.39, 0.29) is 18.0 Å². The summed E-state index contributed by atoms with van der Waals surface area (Å²) in [4.78, 5) is 18.5. The van der Waals surface area contributed by atoms with Crippen LogP contribution in [0.2, 0.25) is 0 Å². The number of nitrogens with zero attached hydrogens (tertiary/aromatic N) is 2. The molecule has 0 radical (unpaired) electrons. The van der Waals surface area contributed by atoms with Gasteiger partial charge in [0.15, 0.2) is 16.5 Å². The maximum Gasteiger partial charge on any atom is 0.274 e. The monoisotopic (exact) mass is 474 g/mol. The van der Waals surface area contributed by atoms with Gasteiger partial charge in [0.1, 0.15) is 12.4 Å². The summed E-state index contributed by atoms with van der Waals surface area (Å²) in [6.07, 6.45) is 1.83. The molecule has 0 aliphatic heterocycles. The molecule has 3 aromatic carbocycles. The van der Waals surface area contributed by atoms with Gasteiger partial charge in [-0.2, -0.15) is 0 Å². The fraction of sp³-hybridized carbons (Fsp3) is 0.185. The summed E-state index contributed by atoms with van der Waals surface area (Å²) in [5.41, 5.74) is 5.11. The van der Waals surface area contributed by atoms with Crippen molar-refractivity contribution in [3.05, 3.63) is 97.6 Å². The molecule has 7 heteroatoms. The Morgan fingerprint density at radius 3 is 2.62 bits per heavy atom. The Balaban J connectivity index is 1.51. The number of aryl methyl sites for hydroxylation is 2. The zero-order valence-corrected chi connectivity index (χ0v) is 19.9. The van der Waals surface area contributed by atoms with Crippen molar-refractivity contribution in [2.75, 3.05) is 6.61 Å². The largest absolute Gasteiger partial charge is 0.490 e. The molecule has 0 amide bonds. The molecule has 34 heavy (non-hydrogen) atoms. The molecule has 0 aliphatic carbocycles. The van der Waals surface area contributed by atoms with Crippen LogP contribution in [-0.4, -0.2) is 16.0 Å². The third-order valence-electron chi connectivity index (χ3n) is 5.76. The predicted octanol–water partition coefficient (Wildman–Crippen LogP) is 5.19. The highest BCUT2D eigenvalue weighted by molar-refractivity contribution is 7.15. The molecule has 0 spiro atoms. The van der Waals surface area contributed by atoms with Crippen molar-refractivity contribution in [1.29, 1.82) is 0 Å². The third kappa shape index (κ3) is 4.03. The molecule has 0 unspecified atom stereocenters. The first-order valence-corrected chi connectivity index (χ1v) is 11.8. The van der Waals surface area contributed by atoms with Crippen LogP contribution in [0.5, 0.6) is 11.5 Å². The second kappa shape index (κ2) is 8.91. The number of fused-ring (bicyclic) bond motifs is 3. The molecular formula is C27H23FN2O3S. The first-order valence-electron chi connectivity index (χ1n) is 11.0. The van der Waals surface area contributed by atoms with Gasteiger partial charge in [-0.3, -0.25) is 4.79 Å². The summed E-state index contributed by atoms with van der Waals surface area (Å²) in [5.74, 6) is 0.745. The summed E-state index contributed by atoms with van der Waals surface area (Å²) in [6, 6.07) is 16.0. The predicted molar refractivity (Wildman–Crippen MR) is 133 cm³/mol. The molecule has 2 aromatic heterocycles. The summed E-state index contributed by atoms with van der Waals surface area (Å²) in [6.45, 7) is 6.50. The van der Waals surface area contributed by atoms with E-state index in [9.17, 15) is 9.18 Å². The van der Waals surface area contributed by atoms with Crippen LogP contribution in [0.4, 0.5) is 4.39 Å². The van der Waals surface area contributed by atoms with Crippen LogP contribution in [0.25, 0.3) is 22.1 Å². The number of imidazole rings is 1. The van der Waals surface area contributed by atoms with Gasteiger partial charge in [-0.05, 0) is 73.9 Å². The van der Waals surface area contributed by atoms with Crippen LogP contribution in [0.3, 0.4) is 0 Å². The lowest BCUT2D eigenvalue weighted by Gasteiger charge is -2.13. The summed E-state index contributed by atoms with van der Waals surface area (Å²) in [5, 5.41) is 0. The van der Waals surface area contributed by atoms with E-state index in [1.54, 1.807) is 28.7 Å². The van der Waals surface area contributed by atoms with E-state index in [2.05, 4.69) is 4.98 Å². The van der Waals surface area contributed by atoms with E-state index in [1.807, 2.05) is 51.1 Å². The van der Waals surface area contributed by atoms with E-state index >= 15 is 0 Å². The van der Waals surface area contributed by atoms with Gasteiger partial charge in [0.2, 0.25) is 0 Å². The molecule has 0 fully saturated rings. The molecule has 172 valence electrons. The number of ether oxygens (including phenoxy) is 2. The van der Waals surface area contributed by atoms with E-state index in [4.69, 9.17) is 9.47 Å². The maximum absolute atomic E-state index is 13.9. The SMILES string of the molecule is CCOc1cc(/C=c2\sc3nc4cc(C)c(C)cc4n3c2=O)ccc1OCc1ccccc1F. The molecule has 5 rings (SSSR count). The molecule has 0 saturated carbocycles. The number of hydrogen-bond donors (Lipinski definition) is 0. The number of aromatic nitrogens is 2. The van der Waals surface area contributed by atoms with Crippen LogP contribution in [-0.2, 0) is 6.61 Å². The Morgan fingerprint density at radius 1 is 1.03 bits per heavy atom. The highest BCUT2D eigenvalue weighted by Crippen LogP contribution is 2.30. The van der Waals surface area contributed by atoms with E-state index in [1.165, 1.54) is 17.4 Å². The fourth-order valence-corrected chi connectivity index (χ4v) is 4.83. The Labute approximate surface area is 199 Å². The van der Waals surface area contributed by atoms with E-state index in [0.29, 0.717) is 33.2 Å². The molecule has 5 aromatic rings. The normalized spacial score (nSPS) is 12.1. The van der Waals surface area contributed by atoms with E-state index in [0.717, 1.165) is 27.7 Å². The number of thiazole rings is 1. The summed E-state index contributed by atoms with van der Waals surface area (Å²) >= 11 is 1.36. The van der Waals surface area contributed by atoms with Crippen molar-refractivity contribution in [3.63, 3.8) is 0 Å². The molecule has 0 N–H and O–H groups in total. The molecule has 0 bridgehead atoms. The number of halogens is 1. The molecule has 2 heterocycles. The fourth-order valence-electron chi connectivity index (χ4n) is 3.84. The smallest absolute Gasteiger partial charge is 0.274 e. The highest BCUT2D eigenvalue weighted by Gasteiger charge is 2.13. The topological polar surface area (TPSA) is 52.8 Å². The van der Waals surface area contributed by atoms with Gasteiger partial charge in [-0.25, -0.2) is 13.8 Å². The van der Waals surface area contributed by atoms with Gasteiger partial charge < -0.3 is 9.47 Å². The third-order valence-corrected chi connectivity index (χ3v) is 6.73. The number of rotatable bonds is 6. The standard InChI is InChI=1S/C27H23FN2O3S/c1-4-32-24-13-18(9-10-23(24)33-15-19-7-5-6-8-20(19)28)14-25-26(31)30-22-12-17(3)16(2)11-21(22)29-27(30)34-25/h5-14H,4,15H2,1-3H3/b25-14-. The van der Waals surface area contributed by atoms with Crippen LogP contribution >= 0.6 is 11.3 Å². The molecule has 5 nitrogen and oxygen atoms in total.